The molecular weight excluding hydrogens is 406 g/mol. The lowest BCUT2D eigenvalue weighted by molar-refractivity contribution is -0.147. The Morgan fingerprint density at radius 3 is 2.81 bits per heavy atom. The molecule has 2 aliphatic rings. The molecule has 1 aromatic heterocycles. The van der Waals surface area contributed by atoms with Gasteiger partial charge in [-0.1, -0.05) is 19.1 Å². The molecule has 8 nitrogen and oxygen atoms in total. The summed E-state index contributed by atoms with van der Waals surface area (Å²) in [5, 5.41) is 2.87. The standard InChI is InChI=1S/C24H31N5O3/c1-3-12-32-24(31)21(14-22-26-18-6-4-5-7-19(18)27-22)28-23(30)17-13-20(25-15-17)16-8-10-29(2)11-9-16/h4-7,15-16,21H,3,8-14H2,1-2H3,(H,26,27)(H,28,30). The Balaban J connectivity index is 1.40. The van der Waals surface area contributed by atoms with Crippen LogP contribution < -0.4 is 5.32 Å². The van der Waals surface area contributed by atoms with Gasteiger partial charge in [-0.25, -0.2) is 9.78 Å². The van der Waals surface area contributed by atoms with Crippen LogP contribution in [0.4, 0.5) is 0 Å². The maximum Gasteiger partial charge on any atom is 0.329 e. The SMILES string of the molecule is CCCOC(=O)C(Cc1nc2ccccc2[nH]1)NC(=O)C1=CN=C(C2CCN(C)CC2)C1. The number of aliphatic imine (C=N–C) groups is 1. The van der Waals surface area contributed by atoms with Crippen molar-refractivity contribution in [3.63, 3.8) is 0 Å². The summed E-state index contributed by atoms with van der Waals surface area (Å²) in [4.78, 5) is 40.3. The van der Waals surface area contributed by atoms with Crippen LogP contribution in [-0.2, 0) is 20.7 Å². The number of amides is 1. The van der Waals surface area contributed by atoms with Gasteiger partial charge in [0.15, 0.2) is 0 Å². The largest absolute Gasteiger partial charge is 0.464 e. The van der Waals surface area contributed by atoms with Gasteiger partial charge < -0.3 is 19.9 Å². The molecule has 0 radical (unpaired) electrons. The van der Waals surface area contributed by atoms with Gasteiger partial charge in [0.2, 0.25) is 5.91 Å². The fourth-order valence-corrected chi connectivity index (χ4v) is 4.22. The first-order valence-corrected chi connectivity index (χ1v) is 11.4. The Labute approximate surface area is 188 Å². The Morgan fingerprint density at radius 1 is 1.28 bits per heavy atom. The zero-order chi connectivity index (χ0) is 22.5. The van der Waals surface area contributed by atoms with Crippen molar-refractivity contribution < 1.29 is 14.3 Å². The summed E-state index contributed by atoms with van der Waals surface area (Å²) in [5.74, 6) is 0.337. The average molecular weight is 438 g/mol. The second-order valence-electron chi connectivity index (χ2n) is 8.63. The number of hydrogen-bond acceptors (Lipinski definition) is 6. The number of nitrogens with one attached hydrogen (secondary N) is 2. The minimum atomic E-state index is -0.817. The molecule has 0 bridgehead atoms. The van der Waals surface area contributed by atoms with Crippen molar-refractivity contribution in [1.29, 1.82) is 0 Å². The predicted molar refractivity (Wildman–Crippen MR) is 123 cm³/mol. The van der Waals surface area contributed by atoms with Gasteiger partial charge in [0.25, 0.3) is 0 Å². The number of para-hydroxylation sites is 2. The van der Waals surface area contributed by atoms with Crippen molar-refractivity contribution >= 4 is 28.6 Å². The molecule has 8 heteroatoms. The van der Waals surface area contributed by atoms with Gasteiger partial charge in [0, 0.05) is 36.2 Å². The first-order chi connectivity index (χ1) is 15.5. The number of piperidine rings is 1. The van der Waals surface area contributed by atoms with E-state index in [0.717, 1.165) is 49.1 Å². The lowest BCUT2D eigenvalue weighted by Gasteiger charge is -2.29. The van der Waals surface area contributed by atoms with Crippen LogP contribution in [0.15, 0.2) is 41.0 Å². The van der Waals surface area contributed by atoms with E-state index in [1.54, 1.807) is 6.20 Å². The number of H-pyrrole nitrogens is 1. The van der Waals surface area contributed by atoms with Crippen LogP contribution in [0.25, 0.3) is 11.0 Å². The smallest absolute Gasteiger partial charge is 0.329 e. The van der Waals surface area contributed by atoms with E-state index in [0.29, 0.717) is 30.3 Å². The normalized spacial score (nSPS) is 18.3. The summed E-state index contributed by atoms with van der Waals surface area (Å²) in [5.41, 5.74) is 3.39. The van der Waals surface area contributed by atoms with E-state index in [9.17, 15) is 9.59 Å². The van der Waals surface area contributed by atoms with Crippen LogP contribution in [0.5, 0.6) is 0 Å². The lowest BCUT2D eigenvalue weighted by Crippen LogP contribution is -2.44. The van der Waals surface area contributed by atoms with Crippen molar-refractivity contribution in [2.45, 2.75) is 45.1 Å². The van der Waals surface area contributed by atoms with Crippen molar-refractivity contribution in [2.75, 3.05) is 26.7 Å². The Kier molecular flexibility index (Phi) is 6.99. The highest BCUT2D eigenvalue weighted by Crippen LogP contribution is 2.25. The molecule has 170 valence electrons. The molecule has 0 saturated carbocycles. The van der Waals surface area contributed by atoms with Gasteiger partial charge in [-0.3, -0.25) is 9.79 Å². The number of ether oxygens (including phenoxy) is 1. The molecule has 2 aromatic rings. The van der Waals surface area contributed by atoms with Crippen LogP contribution in [0.2, 0.25) is 0 Å². The van der Waals surface area contributed by atoms with E-state index in [2.05, 4.69) is 32.2 Å². The summed E-state index contributed by atoms with van der Waals surface area (Å²) in [6, 6.07) is 6.86. The fourth-order valence-electron chi connectivity index (χ4n) is 4.22. The Morgan fingerprint density at radius 2 is 2.06 bits per heavy atom. The second kappa shape index (κ2) is 10.1. The molecular formula is C24H31N5O3. The minimum absolute atomic E-state index is 0.235. The number of carbonyl (C=O) groups is 2. The van der Waals surface area contributed by atoms with Crippen molar-refractivity contribution in [2.24, 2.45) is 10.9 Å². The van der Waals surface area contributed by atoms with E-state index in [-0.39, 0.29) is 12.3 Å². The van der Waals surface area contributed by atoms with E-state index in [4.69, 9.17) is 4.74 Å². The lowest BCUT2D eigenvalue weighted by atomic mass is 9.89. The van der Waals surface area contributed by atoms with E-state index in [1.807, 2.05) is 31.2 Å². The average Bonchev–Trinajstić information content (AvgIpc) is 3.44. The molecule has 1 saturated heterocycles. The number of hydrogen-bond donors (Lipinski definition) is 2. The van der Waals surface area contributed by atoms with Crippen molar-refractivity contribution in [3.05, 3.63) is 41.9 Å². The van der Waals surface area contributed by atoms with Crippen LogP contribution in [-0.4, -0.2) is 65.2 Å². The Bertz CT molecular complexity index is 1000. The summed E-state index contributed by atoms with van der Waals surface area (Å²) in [6.07, 6.45) is 5.28. The number of nitrogens with zero attached hydrogens (tertiary/aromatic N) is 3. The van der Waals surface area contributed by atoms with Gasteiger partial charge in [-0.15, -0.1) is 0 Å². The molecule has 1 atom stereocenters. The minimum Gasteiger partial charge on any atom is -0.464 e. The van der Waals surface area contributed by atoms with Crippen LogP contribution >= 0.6 is 0 Å². The number of fused-ring (bicyclic) bond motifs is 1. The molecule has 2 N–H and O–H groups in total. The number of benzene rings is 1. The maximum absolute atomic E-state index is 13.0. The van der Waals surface area contributed by atoms with Gasteiger partial charge in [0.1, 0.15) is 11.9 Å². The van der Waals surface area contributed by atoms with E-state index in [1.165, 1.54) is 0 Å². The first kappa shape index (κ1) is 22.2. The van der Waals surface area contributed by atoms with Gasteiger partial charge in [0.05, 0.1) is 17.6 Å². The zero-order valence-electron chi connectivity index (χ0n) is 18.8. The van der Waals surface area contributed by atoms with Gasteiger partial charge >= 0.3 is 5.97 Å². The molecule has 0 spiro atoms. The highest BCUT2D eigenvalue weighted by Gasteiger charge is 2.29. The maximum atomic E-state index is 13.0. The summed E-state index contributed by atoms with van der Waals surface area (Å²) >= 11 is 0. The number of likely N-dealkylation sites (tertiary alicyclic amines) is 1. The highest BCUT2D eigenvalue weighted by molar-refractivity contribution is 6.05. The topological polar surface area (TPSA) is 99.7 Å². The third-order valence-electron chi connectivity index (χ3n) is 6.11. The zero-order valence-corrected chi connectivity index (χ0v) is 18.8. The molecule has 1 amide bonds. The summed E-state index contributed by atoms with van der Waals surface area (Å²) in [6.45, 7) is 4.35. The molecule has 2 aliphatic heterocycles. The molecule has 1 aromatic carbocycles. The van der Waals surface area contributed by atoms with Crippen LogP contribution in [0, 0.1) is 5.92 Å². The summed E-state index contributed by atoms with van der Waals surface area (Å²) < 4.78 is 5.34. The Hall–Kier alpha value is -3.00. The van der Waals surface area contributed by atoms with Crippen molar-refractivity contribution in [3.8, 4) is 0 Å². The first-order valence-electron chi connectivity index (χ1n) is 11.4. The number of aromatic nitrogens is 2. The van der Waals surface area contributed by atoms with Gasteiger partial charge in [-0.2, -0.15) is 0 Å². The third-order valence-corrected chi connectivity index (χ3v) is 6.11. The molecule has 1 fully saturated rings. The van der Waals surface area contributed by atoms with E-state index < -0.39 is 12.0 Å². The highest BCUT2D eigenvalue weighted by atomic mass is 16.5. The van der Waals surface area contributed by atoms with Gasteiger partial charge in [-0.05, 0) is 51.5 Å². The molecule has 32 heavy (non-hydrogen) atoms. The van der Waals surface area contributed by atoms with E-state index >= 15 is 0 Å². The predicted octanol–water partition coefficient (Wildman–Crippen LogP) is 2.61. The van der Waals surface area contributed by atoms with Crippen LogP contribution in [0.1, 0.15) is 38.4 Å². The quantitative estimate of drug-likeness (QED) is 0.619. The number of aromatic amines is 1. The van der Waals surface area contributed by atoms with Crippen LogP contribution in [0.3, 0.4) is 0 Å². The molecule has 3 heterocycles. The van der Waals surface area contributed by atoms with Crippen molar-refractivity contribution in [1.82, 2.24) is 20.2 Å². The number of carbonyl (C=O) groups excluding carboxylic acids is 2. The molecule has 0 aliphatic carbocycles. The molecule has 1 unspecified atom stereocenters. The fraction of sp³-hybridized carbons (Fsp3) is 0.500. The second-order valence-corrected chi connectivity index (χ2v) is 8.63. The molecule has 4 rings (SSSR count). The monoisotopic (exact) mass is 437 g/mol. The number of imidazole rings is 1. The number of esters is 1. The summed E-state index contributed by atoms with van der Waals surface area (Å²) in [7, 11) is 2.13. The number of rotatable bonds is 8. The third kappa shape index (κ3) is 5.24.